The van der Waals surface area contributed by atoms with Crippen LogP contribution in [0.3, 0.4) is 0 Å². The highest BCUT2D eigenvalue weighted by Crippen LogP contribution is 2.37. The molecule has 0 saturated heterocycles. The van der Waals surface area contributed by atoms with Crippen LogP contribution in [0, 0.1) is 0 Å². The first-order chi connectivity index (χ1) is 12.2. The molecule has 4 rings (SSSR count). The largest absolute Gasteiger partial charge is 0.493 e. The molecule has 0 unspecified atom stereocenters. The fourth-order valence-electron chi connectivity index (χ4n) is 3.68. The van der Waals surface area contributed by atoms with E-state index in [2.05, 4.69) is 46.7 Å². The van der Waals surface area contributed by atoms with Gasteiger partial charge in [-0.15, -0.1) is 0 Å². The predicted molar refractivity (Wildman–Crippen MR) is 101 cm³/mol. The van der Waals surface area contributed by atoms with Crippen LogP contribution in [0.4, 0.5) is 0 Å². The molecule has 2 heterocycles. The van der Waals surface area contributed by atoms with Crippen LogP contribution in [0.1, 0.15) is 36.7 Å². The lowest BCUT2D eigenvalue weighted by atomic mass is 9.94. The molecule has 4 heteroatoms. The first kappa shape index (κ1) is 16.0. The molecule has 0 bridgehead atoms. The second kappa shape index (κ2) is 6.45. The van der Waals surface area contributed by atoms with Gasteiger partial charge in [-0.25, -0.2) is 0 Å². The van der Waals surface area contributed by atoms with E-state index in [4.69, 9.17) is 9.47 Å². The third-order valence-corrected chi connectivity index (χ3v) is 4.74. The number of ether oxygens (including phenoxy) is 2. The van der Waals surface area contributed by atoms with Gasteiger partial charge in [0.25, 0.3) is 0 Å². The SMILES string of the molecule is COc1cc([C@H]2NCCc3c2[nH]c2ccccc32)ccc1OC(C)C. The molecule has 0 saturated carbocycles. The summed E-state index contributed by atoms with van der Waals surface area (Å²) in [6.45, 7) is 5.01. The molecule has 130 valence electrons. The van der Waals surface area contributed by atoms with Crippen molar-refractivity contribution >= 4 is 10.9 Å². The molecule has 0 fully saturated rings. The Balaban J connectivity index is 1.76. The predicted octanol–water partition coefficient (Wildman–Crippen LogP) is 4.20. The second-order valence-corrected chi connectivity index (χ2v) is 6.78. The minimum absolute atomic E-state index is 0.118. The van der Waals surface area contributed by atoms with Crippen LogP contribution in [0.5, 0.6) is 11.5 Å². The van der Waals surface area contributed by atoms with Crippen LogP contribution in [0.2, 0.25) is 0 Å². The Morgan fingerprint density at radius 3 is 2.72 bits per heavy atom. The lowest BCUT2D eigenvalue weighted by molar-refractivity contribution is 0.230. The van der Waals surface area contributed by atoms with Crippen molar-refractivity contribution in [2.24, 2.45) is 0 Å². The van der Waals surface area contributed by atoms with E-state index in [0.717, 1.165) is 24.5 Å². The Bertz CT molecular complexity index is 898. The van der Waals surface area contributed by atoms with Crippen LogP contribution < -0.4 is 14.8 Å². The number of para-hydroxylation sites is 1. The lowest BCUT2D eigenvalue weighted by Gasteiger charge is -2.25. The van der Waals surface area contributed by atoms with E-state index in [0.29, 0.717) is 0 Å². The highest BCUT2D eigenvalue weighted by Gasteiger charge is 2.26. The molecule has 2 aromatic carbocycles. The van der Waals surface area contributed by atoms with Gasteiger partial charge in [0.1, 0.15) is 0 Å². The van der Waals surface area contributed by atoms with Gasteiger partial charge >= 0.3 is 0 Å². The van der Waals surface area contributed by atoms with Gasteiger partial charge in [-0.3, -0.25) is 0 Å². The van der Waals surface area contributed by atoms with Crippen LogP contribution in [-0.2, 0) is 6.42 Å². The van der Waals surface area contributed by atoms with Crippen molar-refractivity contribution < 1.29 is 9.47 Å². The normalized spacial score (nSPS) is 16.9. The number of hydrogen-bond donors (Lipinski definition) is 2. The van der Waals surface area contributed by atoms with Crippen molar-refractivity contribution in [3.63, 3.8) is 0 Å². The van der Waals surface area contributed by atoms with Gasteiger partial charge < -0.3 is 19.8 Å². The van der Waals surface area contributed by atoms with E-state index >= 15 is 0 Å². The summed E-state index contributed by atoms with van der Waals surface area (Å²) in [5.74, 6) is 1.56. The number of nitrogens with one attached hydrogen (secondary N) is 2. The number of hydrogen-bond acceptors (Lipinski definition) is 3. The molecule has 2 N–H and O–H groups in total. The van der Waals surface area contributed by atoms with Crippen molar-refractivity contribution in [2.45, 2.75) is 32.4 Å². The van der Waals surface area contributed by atoms with E-state index in [9.17, 15) is 0 Å². The van der Waals surface area contributed by atoms with Crippen molar-refractivity contribution in [2.75, 3.05) is 13.7 Å². The van der Waals surface area contributed by atoms with Gasteiger partial charge in [0.2, 0.25) is 0 Å². The molecule has 0 amide bonds. The smallest absolute Gasteiger partial charge is 0.161 e. The van der Waals surface area contributed by atoms with Crippen LogP contribution in [0.25, 0.3) is 10.9 Å². The summed E-state index contributed by atoms with van der Waals surface area (Å²) >= 11 is 0. The quantitative estimate of drug-likeness (QED) is 0.751. The van der Waals surface area contributed by atoms with Crippen LogP contribution in [0.15, 0.2) is 42.5 Å². The highest BCUT2D eigenvalue weighted by atomic mass is 16.5. The van der Waals surface area contributed by atoms with Gasteiger partial charge in [0.15, 0.2) is 11.5 Å². The molecule has 1 aliphatic rings. The summed E-state index contributed by atoms with van der Waals surface area (Å²) in [6.07, 6.45) is 1.16. The zero-order valence-electron chi connectivity index (χ0n) is 14.9. The van der Waals surface area contributed by atoms with Crippen LogP contribution >= 0.6 is 0 Å². The molecule has 0 spiro atoms. The third kappa shape index (κ3) is 2.87. The summed E-state index contributed by atoms with van der Waals surface area (Å²) in [7, 11) is 1.69. The molecule has 1 aromatic heterocycles. The lowest BCUT2D eigenvalue weighted by Crippen LogP contribution is -2.30. The molecule has 4 nitrogen and oxygen atoms in total. The average Bonchev–Trinajstić information content (AvgIpc) is 3.00. The second-order valence-electron chi connectivity index (χ2n) is 6.78. The first-order valence-electron chi connectivity index (χ1n) is 8.85. The fourth-order valence-corrected chi connectivity index (χ4v) is 3.68. The van der Waals surface area contributed by atoms with Gasteiger partial charge in [0.05, 0.1) is 19.3 Å². The Labute approximate surface area is 148 Å². The molecular weight excluding hydrogens is 312 g/mol. The minimum Gasteiger partial charge on any atom is -0.493 e. The van der Waals surface area contributed by atoms with Gasteiger partial charge in [-0.2, -0.15) is 0 Å². The summed E-state index contributed by atoms with van der Waals surface area (Å²) in [6, 6.07) is 14.9. The maximum Gasteiger partial charge on any atom is 0.161 e. The number of rotatable bonds is 4. The molecule has 1 aliphatic heterocycles. The third-order valence-electron chi connectivity index (χ3n) is 4.74. The number of fused-ring (bicyclic) bond motifs is 3. The Morgan fingerprint density at radius 2 is 1.92 bits per heavy atom. The number of aromatic amines is 1. The molecule has 3 aromatic rings. The Kier molecular flexibility index (Phi) is 4.14. The van der Waals surface area contributed by atoms with Gasteiger partial charge in [-0.05, 0) is 49.6 Å². The Morgan fingerprint density at radius 1 is 1.08 bits per heavy atom. The van der Waals surface area contributed by atoms with Gasteiger partial charge in [0, 0.05) is 23.1 Å². The zero-order valence-corrected chi connectivity index (χ0v) is 14.9. The Hall–Kier alpha value is -2.46. The monoisotopic (exact) mass is 336 g/mol. The standard InChI is InChI=1S/C21H24N2O2/c1-13(2)25-18-9-8-14(12-19(18)24-3)20-21-16(10-11-22-20)15-6-4-5-7-17(15)23-21/h4-9,12-13,20,22-23H,10-11H2,1-3H3/t20-/m1/s1. The molecular formula is C21H24N2O2. The number of benzene rings is 2. The van der Waals surface area contributed by atoms with E-state index in [1.165, 1.54) is 27.7 Å². The van der Waals surface area contributed by atoms with E-state index in [1.54, 1.807) is 7.11 Å². The maximum absolute atomic E-state index is 5.84. The zero-order chi connectivity index (χ0) is 17.4. The molecule has 25 heavy (non-hydrogen) atoms. The summed E-state index contributed by atoms with van der Waals surface area (Å²) in [5, 5.41) is 4.97. The summed E-state index contributed by atoms with van der Waals surface area (Å²) in [4.78, 5) is 3.61. The van der Waals surface area contributed by atoms with Crippen LogP contribution in [-0.4, -0.2) is 24.7 Å². The first-order valence-corrected chi connectivity index (χ1v) is 8.85. The van der Waals surface area contributed by atoms with E-state index in [1.807, 2.05) is 19.9 Å². The van der Waals surface area contributed by atoms with E-state index < -0.39 is 0 Å². The molecule has 0 radical (unpaired) electrons. The fraction of sp³-hybridized carbons (Fsp3) is 0.333. The summed E-state index contributed by atoms with van der Waals surface area (Å²) in [5.41, 5.74) is 5.06. The number of aromatic nitrogens is 1. The molecule has 1 atom stereocenters. The van der Waals surface area contributed by atoms with Crippen molar-refractivity contribution in [3.05, 3.63) is 59.3 Å². The highest BCUT2D eigenvalue weighted by molar-refractivity contribution is 5.85. The number of methoxy groups -OCH3 is 1. The maximum atomic E-state index is 5.84. The summed E-state index contributed by atoms with van der Waals surface area (Å²) < 4.78 is 11.4. The van der Waals surface area contributed by atoms with Gasteiger partial charge in [-0.1, -0.05) is 24.3 Å². The number of H-pyrrole nitrogens is 1. The van der Waals surface area contributed by atoms with Crippen molar-refractivity contribution in [1.82, 2.24) is 10.3 Å². The average molecular weight is 336 g/mol. The topological polar surface area (TPSA) is 46.3 Å². The van der Waals surface area contributed by atoms with Crippen molar-refractivity contribution in [3.8, 4) is 11.5 Å². The van der Waals surface area contributed by atoms with E-state index in [-0.39, 0.29) is 12.1 Å². The van der Waals surface area contributed by atoms with Crippen molar-refractivity contribution in [1.29, 1.82) is 0 Å². The minimum atomic E-state index is 0.118. The molecule has 0 aliphatic carbocycles.